The van der Waals surface area contributed by atoms with Crippen LogP contribution in [-0.2, 0) is 14.8 Å². The van der Waals surface area contributed by atoms with Crippen molar-refractivity contribution >= 4 is 50.9 Å². The molecule has 2 rings (SSSR count). The second-order valence-corrected chi connectivity index (χ2v) is 7.90. The molecule has 2 aromatic carbocycles. The molecule has 0 aliphatic carbocycles. The minimum atomic E-state index is -4.14. The number of aryl methyl sites for hydroxylation is 1. The zero-order valence-electron chi connectivity index (χ0n) is 14.0. The first-order valence-corrected chi connectivity index (χ1v) is 9.81. The van der Waals surface area contributed by atoms with Crippen molar-refractivity contribution in [3.63, 3.8) is 0 Å². The Hall–Kier alpha value is -2.09. The fourth-order valence-corrected chi connectivity index (χ4v) is 3.32. The number of imide groups is 1. The van der Waals surface area contributed by atoms with E-state index in [1.54, 1.807) is 26.0 Å². The minimum absolute atomic E-state index is 0.0156. The number of carbonyl (C=O) groups excluding carboxylic acids is 2. The third-order valence-electron chi connectivity index (χ3n) is 3.47. The van der Waals surface area contributed by atoms with Crippen LogP contribution in [0, 0.1) is 6.92 Å². The highest BCUT2D eigenvalue weighted by Crippen LogP contribution is 2.28. The summed E-state index contributed by atoms with van der Waals surface area (Å²) >= 11 is 11.8. The SMILES string of the molecule is CCC(=O)N(C(=O)NS(=O)(=O)c1ccc(C)cc1)c1ccc(Cl)c(Cl)c1. The molecule has 0 saturated heterocycles. The third kappa shape index (κ3) is 4.55. The van der Waals surface area contributed by atoms with Gasteiger partial charge < -0.3 is 0 Å². The molecule has 2 aromatic rings. The van der Waals surface area contributed by atoms with Gasteiger partial charge in [0.25, 0.3) is 10.0 Å². The van der Waals surface area contributed by atoms with Crippen molar-refractivity contribution < 1.29 is 18.0 Å². The Morgan fingerprint density at radius 1 is 1.04 bits per heavy atom. The summed E-state index contributed by atoms with van der Waals surface area (Å²) in [6.07, 6.45) is -0.0156. The number of rotatable bonds is 4. The minimum Gasteiger partial charge on any atom is -0.274 e. The van der Waals surface area contributed by atoms with Crippen molar-refractivity contribution in [1.82, 2.24) is 4.72 Å². The number of urea groups is 1. The molecule has 0 bridgehead atoms. The lowest BCUT2D eigenvalue weighted by atomic mass is 10.2. The molecule has 6 nitrogen and oxygen atoms in total. The highest BCUT2D eigenvalue weighted by atomic mass is 35.5. The molecular weight excluding hydrogens is 399 g/mol. The fraction of sp³-hybridized carbons (Fsp3) is 0.176. The van der Waals surface area contributed by atoms with E-state index in [4.69, 9.17) is 23.2 Å². The maximum Gasteiger partial charge on any atom is 0.342 e. The van der Waals surface area contributed by atoms with Crippen LogP contribution in [0.3, 0.4) is 0 Å². The van der Waals surface area contributed by atoms with Gasteiger partial charge >= 0.3 is 6.03 Å². The summed E-state index contributed by atoms with van der Waals surface area (Å²) in [6, 6.07) is 8.98. The normalized spacial score (nSPS) is 11.1. The molecule has 0 aromatic heterocycles. The molecule has 138 valence electrons. The van der Waals surface area contributed by atoms with Crippen molar-refractivity contribution in [2.75, 3.05) is 4.90 Å². The summed E-state index contributed by atoms with van der Waals surface area (Å²) in [7, 11) is -4.14. The fourth-order valence-electron chi connectivity index (χ4n) is 2.09. The molecule has 0 heterocycles. The van der Waals surface area contributed by atoms with Gasteiger partial charge in [-0.05, 0) is 37.3 Å². The molecule has 0 fully saturated rings. The Labute approximate surface area is 161 Å². The maximum atomic E-state index is 12.5. The van der Waals surface area contributed by atoms with Gasteiger partial charge in [-0.1, -0.05) is 47.8 Å². The summed E-state index contributed by atoms with van der Waals surface area (Å²) in [6.45, 7) is 3.36. The van der Waals surface area contributed by atoms with Crippen molar-refractivity contribution in [3.8, 4) is 0 Å². The zero-order chi connectivity index (χ0) is 19.5. The quantitative estimate of drug-likeness (QED) is 0.814. The summed E-state index contributed by atoms with van der Waals surface area (Å²) in [5, 5.41) is 0.374. The maximum absolute atomic E-state index is 12.5. The summed E-state index contributed by atoms with van der Waals surface area (Å²) in [5.41, 5.74) is 0.983. The van der Waals surface area contributed by atoms with E-state index in [0.717, 1.165) is 5.56 Å². The second-order valence-electron chi connectivity index (χ2n) is 5.40. The first-order chi connectivity index (χ1) is 12.2. The van der Waals surface area contributed by atoms with E-state index in [0.29, 0.717) is 4.90 Å². The number of benzene rings is 2. The van der Waals surface area contributed by atoms with E-state index < -0.39 is 22.0 Å². The lowest BCUT2D eigenvalue weighted by Crippen LogP contribution is -2.46. The topological polar surface area (TPSA) is 83.6 Å². The third-order valence-corrected chi connectivity index (χ3v) is 5.54. The number of halogens is 2. The van der Waals surface area contributed by atoms with E-state index in [2.05, 4.69) is 0 Å². The van der Waals surface area contributed by atoms with Crippen molar-refractivity contribution in [3.05, 3.63) is 58.1 Å². The van der Waals surface area contributed by atoms with E-state index in [-0.39, 0.29) is 27.0 Å². The molecule has 26 heavy (non-hydrogen) atoms. The Balaban J connectivity index is 2.36. The van der Waals surface area contributed by atoms with E-state index in [9.17, 15) is 18.0 Å². The van der Waals surface area contributed by atoms with Crippen LogP contribution in [0.1, 0.15) is 18.9 Å². The van der Waals surface area contributed by atoms with Crippen LogP contribution >= 0.6 is 23.2 Å². The average Bonchev–Trinajstić information content (AvgIpc) is 2.58. The average molecular weight is 415 g/mol. The molecule has 0 radical (unpaired) electrons. The Kier molecular flexibility index (Phi) is 6.28. The molecule has 0 unspecified atom stereocenters. The summed E-state index contributed by atoms with van der Waals surface area (Å²) < 4.78 is 26.7. The number of nitrogens with one attached hydrogen (secondary N) is 1. The smallest absolute Gasteiger partial charge is 0.274 e. The van der Waals surface area contributed by atoms with Gasteiger partial charge in [-0.15, -0.1) is 0 Å². The number of amides is 3. The predicted octanol–water partition coefficient (Wildman–Crippen LogP) is 4.14. The number of hydrogen-bond acceptors (Lipinski definition) is 4. The Morgan fingerprint density at radius 2 is 1.65 bits per heavy atom. The second kappa shape index (κ2) is 8.07. The highest BCUT2D eigenvalue weighted by molar-refractivity contribution is 7.90. The van der Waals surface area contributed by atoms with Gasteiger partial charge in [-0.3, -0.25) is 4.79 Å². The van der Waals surface area contributed by atoms with Crippen LogP contribution in [0.2, 0.25) is 10.0 Å². The molecule has 0 aliphatic rings. The van der Waals surface area contributed by atoms with Crippen LogP contribution in [-0.4, -0.2) is 20.4 Å². The zero-order valence-corrected chi connectivity index (χ0v) is 16.3. The molecule has 0 spiro atoms. The van der Waals surface area contributed by atoms with E-state index in [1.807, 2.05) is 4.72 Å². The summed E-state index contributed by atoms with van der Waals surface area (Å²) in [5.74, 6) is -0.597. The van der Waals surface area contributed by atoms with E-state index in [1.165, 1.54) is 30.3 Å². The van der Waals surface area contributed by atoms with Gasteiger partial charge in [0.1, 0.15) is 0 Å². The lowest BCUT2D eigenvalue weighted by Gasteiger charge is -2.21. The molecular formula is C17H16Cl2N2O4S. The molecule has 3 amide bonds. The first-order valence-electron chi connectivity index (χ1n) is 7.57. The lowest BCUT2D eigenvalue weighted by molar-refractivity contribution is -0.117. The predicted molar refractivity (Wildman–Crippen MR) is 101 cm³/mol. The van der Waals surface area contributed by atoms with Crippen molar-refractivity contribution in [2.24, 2.45) is 0 Å². The van der Waals surface area contributed by atoms with Crippen LogP contribution in [0.15, 0.2) is 47.4 Å². The molecule has 0 aliphatic heterocycles. The number of sulfonamides is 1. The van der Waals surface area contributed by atoms with Crippen LogP contribution in [0.4, 0.5) is 10.5 Å². The van der Waals surface area contributed by atoms with Crippen molar-refractivity contribution in [1.29, 1.82) is 0 Å². The van der Waals surface area contributed by atoms with Crippen LogP contribution in [0.5, 0.6) is 0 Å². The Morgan fingerprint density at radius 3 is 2.19 bits per heavy atom. The van der Waals surface area contributed by atoms with Crippen molar-refractivity contribution in [2.45, 2.75) is 25.2 Å². The van der Waals surface area contributed by atoms with Gasteiger partial charge in [-0.25, -0.2) is 22.8 Å². The molecule has 0 atom stereocenters. The monoisotopic (exact) mass is 414 g/mol. The van der Waals surface area contributed by atoms with Crippen LogP contribution < -0.4 is 9.62 Å². The number of hydrogen-bond donors (Lipinski definition) is 1. The molecule has 0 saturated carbocycles. The number of anilines is 1. The number of nitrogens with zero attached hydrogens (tertiary/aromatic N) is 1. The van der Waals surface area contributed by atoms with Gasteiger partial charge in [0.2, 0.25) is 5.91 Å². The first kappa shape index (κ1) is 20.2. The highest BCUT2D eigenvalue weighted by Gasteiger charge is 2.27. The molecule has 9 heteroatoms. The van der Waals surface area contributed by atoms with Gasteiger partial charge in [0.15, 0.2) is 0 Å². The van der Waals surface area contributed by atoms with Gasteiger partial charge in [-0.2, -0.15) is 0 Å². The standard InChI is InChI=1S/C17H16Cl2N2O4S/c1-3-16(22)21(12-6-9-14(18)15(19)10-12)17(23)20-26(24,25)13-7-4-11(2)5-8-13/h4-10H,3H2,1-2H3,(H,20,23). The summed E-state index contributed by atoms with van der Waals surface area (Å²) in [4.78, 5) is 25.4. The van der Waals surface area contributed by atoms with Gasteiger partial charge in [0, 0.05) is 6.42 Å². The van der Waals surface area contributed by atoms with Gasteiger partial charge in [0.05, 0.1) is 20.6 Å². The van der Waals surface area contributed by atoms with E-state index >= 15 is 0 Å². The number of carbonyl (C=O) groups is 2. The largest absolute Gasteiger partial charge is 0.342 e. The van der Waals surface area contributed by atoms with Crippen LogP contribution in [0.25, 0.3) is 0 Å². The Bertz CT molecular complexity index is 944. The molecule has 1 N–H and O–H groups in total.